The number of aliphatic hydroxyl groups excluding tert-OH is 2. The SMILES string of the molecule is CCCOc1ccc(S(=O)(=O)N2CCC([C@@H](O)CO)CC2)cc1-c1nc2c(CCC)cn(C)c2c(=O)[nH]1. The van der Waals surface area contributed by atoms with Crippen molar-refractivity contribution in [3.63, 3.8) is 0 Å². The lowest BCUT2D eigenvalue weighted by Gasteiger charge is -2.33. The number of aryl methyl sites for hydroxylation is 2. The minimum absolute atomic E-state index is 0.0806. The molecule has 0 amide bonds. The number of hydrogen-bond acceptors (Lipinski definition) is 7. The van der Waals surface area contributed by atoms with Crippen molar-refractivity contribution >= 4 is 21.1 Å². The smallest absolute Gasteiger partial charge is 0.275 e. The molecule has 3 aromatic rings. The molecule has 3 heterocycles. The molecule has 1 saturated heterocycles. The molecule has 4 rings (SSSR count). The number of ether oxygens (including phenoxy) is 1. The number of fused-ring (bicyclic) bond motifs is 1. The predicted molar refractivity (Wildman–Crippen MR) is 141 cm³/mol. The molecular weight excluding hydrogens is 496 g/mol. The van der Waals surface area contributed by atoms with E-state index in [0.717, 1.165) is 24.8 Å². The van der Waals surface area contributed by atoms with Crippen LogP contribution in [0.25, 0.3) is 22.4 Å². The van der Waals surface area contributed by atoms with E-state index in [4.69, 9.17) is 9.72 Å². The summed E-state index contributed by atoms with van der Waals surface area (Å²) in [7, 11) is -2.03. The first-order valence-electron chi connectivity index (χ1n) is 12.9. The van der Waals surface area contributed by atoms with Gasteiger partial charge in [0.15, 0.2) is 0 Å². The van der Waals surface area contributed by atoms with E-state index < -0.39 is 16.1 Å². The molecule has 0 radical (unpaired) electrons. The number of rotatable bonds is 10. The Bertz CT molecular complexity index is 1410. The van der Waals surface area contributed by atoms with Gasteiger partial charge in [-0.25, -0.2) is 13.4 Å². The van der Waals surface area contributed by atoms with Crippen LogP contribution in [-0.4, -0.2) is 69.9 Å². The fourth-order valence-electron chi connectivity index (χ4n) is 4.95. The maximum atomic E-state index is 13.5. The topological polar surface area (TPSA) is 138 Å². The van der Waals surface area contributed by atoms with Crippen LogP contribution in [0.5, 0.6) is 5.75 Å². The largest absolute Gasteiger partial charge is 0.493 e. The van der Waals surface area contributed by atoms with Crippen molar-refractivity contribution in [3.05, 3.63) is 40.3 Å². The van der Waals surface area contributed by atoms with Crippen LogP contribution in [0.1, 0.15) is 45.1 Å². The van der Waals surface area contributed by atoms with Crippen LogP contribution in [0.2, 0.25) is 0 Å². The van der Waals surface area contributed by atoms with Gasteiger partial charge in [0.2, 0.25) is 10.0 Å². The summed E-state index contributed by atoms with van der Waals surface area (Å²) in [4.78, 5) is 20.7. The summed E-state index contributed by atoms with van der Waals surface area (Å²) >= 11 is 0. The lowest BCUT2D eigenvalue weighted by Crippen LogP contribution is -2.41. The number of H-pyrrole nitrogens is 1. The summed E-state index contributed by atoms with van der Waals surface area (Å²) in [6.45, 7) is 4.63. The molecule has 0 spiro atoms. The number of aromatic nitrogens is 3. The highest BCUT2D eigenvalue weighted by Crippen LogP contribution is 2.33. The summed E-state index contributed by atoms with van der Waals surface area (Å²) in [5.41, 5.74) is 2.14. The van der Waals surface area contributed by atoms with Gasteiger partial charge in [0.05, 0.1) is 35.3 Å². The summed E-state index contributed by atoms with van der Waals surface area (Å²) in [5, 5.41) is 19.2. The van der Waals surface area contributed by atoms with Crippen molar-refractivity contribution in [2.45, 2.75) is 57.0 Å². The second-order valence-corrected chi connectivity index (χ2v) is 11.6. The Morgan fingerprint density at radius 2 is 1.95 bits per heavy atom. The number of hydrogen-bond donors (Lipinski definition) is 3. The first kappa shape index (κ1) is 27.3. The van der Waals surface area contributed by atoms with Crippen molar-refractivity contribution in [3.8, 4) is 17.1 Å². The molecule has 1 aliphatic heterocycles. The fourth-order valence-corrected chi connectivity index (χ4v) is 6.45. The van der Waals surface area contributed by atoms with Crippen LogP contribution in [0.15, 0.2) is 34.1 Å². The fraction of sp³-hybridized carbons (Fsp3) is 0.538. The Kier molecular flexibility index (Phi) is 8.37. The van der Waals surface area contributed by atoms with E-state index in [1.54, 1.807) is 10.6 Å². The van der Waals surface area contributed by atoms with Crippen molar-refractivity contribution in [1.29, 1.82) is 0 Å². The molecule has 1 atom stereocenters. The van der Waals surface area contributed by atoms with Crippen LogP contribution in [-0.2, 0) is 23.5 Å². The maximum Gasteiger partial charge on any atom is 0.275 e. The lowest BCUT2D eigenvalue weighted by atomic mass is 9.93. The molecule has 37 heavy (non-hydrogen) atoms. The number of aliphatic hydroxyl groups is 2. The maximum absolute atomic E-state index is 13.5. The first-order valence-corrected chi connectivity index (χ1v) is 14.3. The van der Waals surface area contributed by atoms with Gasteiger partial charge in [-0.15, -0.1) is 0 Å². The average molecular weight is 533 g/mol. The van der Waals surface area contributed by atoms with Crippen LogP contribution < -0.4 is 10.3 Å². The summed E-state index contributed by atoms with van der Waals surface area (Å²) < 4.78 is 36.2. The Hall–Kier alpha value is -2.73. The molecular formula is C26H36N4O6S. The van der Waals surface area contributed by atoms with E-state index in [0.29, 0.717) is 41.8 Å². The lowest BCUT2D eigenvalue weighted by molar-refractivity contribution is 0.0278. The average Bonchev–Trinajstić information content (AvgIpc) is 3.22. The second-order valence-electron chi connectivity index (χ2n) is 9.62. The number of nitrogens with one attached hydrogen (secondary N) is 1. The molecule has 10 nitrogen and oxygen atoms in total. The zero-order valence-electron chi connectivity index (χ0n) is 21.6. The van der Waals surface area contributed by atoms with E-state index in [9.17, 15) is 23.4 Å². The highest BCUT2D eigenvalue weighted by molar-refractivity contribution is 7.89. The molecule has 1 aliphatic rings. The van der Waals surface area contributed by atoms with E-state index in [1.807, 2.05) is 20.2 Å². The third-order valence-corrected chi connectivity index (χ3v) is 8.85. The van der Waals surface area contributed by atoms with Crippen molar-refractivity contribution < 1.29 is 23.4 Å². The Labute approximate surface area is 217 Å². The van der Waals surface area contributed by atoms with Gasteiger partial charge in [-0.1, -0.05) is 20.3 Å². The number of aromatic amines is 1. The molecule has 0 unspecified atom stereocenters. The van der Waals surface area contributed by atoms with Crippen LogP contribution >= 0.6 is 0 Å². The van der Waals surface area contributed by atoms with E-state index >= 15 is 0 Å². The minimum Gasteiger partial charge on any atom is -0.493 e. The van der Waals surface area contributed by atoms with Gasteiger partial charge in [0.1, 0.15) is 17.1 Å². The Morgan fingerprint density at radius 3 is 2.59 bits per heavy atom. The van der Waals surface area contributed by atoms with Crippen LogP contribution in [0.4, 0.5) is 0 Å². The van der Waals surface area contributed by atoms with Gasteiger partial charge in [0, 0.05) is 26.3 Å². The van der Waals surface area contributed by atoms with Gasteiger partial charge in [-0.3, -0.25) is 4.79 Å². The van der Waals surface area contributed by atoms with E-state index in [-0.39, 0.29) is 41.9 Å². The molecule has 0 bridgehead atoms. The monoisotopic (exact) mass is 532 g/mol. The van der Waals surface area contributed by atoms with Gasteiger partial charge in [-0.05, 0) is 55.4 Å². The Balaban J connectivity index is 1.76. The molecule has 202 valence electrons. The molecule has 11 heteroatoms. The second kappa shape index (κ2) is 11.3. The third kappa shape index (κ3) is 5.45. The minimum atomic E-state index is -3.84. The van der Waals surface area contributed by atoms with Gasteiger partial charge in [-0.2, -0.15) is 4.31 Å². The number of piperidine rings is 1. The van der Waals surface area contributed by atoms with Crippen molar-refractivity contribution in [2.24, 2.45) is 13.0 Å². The third-order valence-electron chi connectivity index (χ3n) is 6.96. The van der Waals surface area contributed by atoms with Gasteiger partial charge in [0.25, 0.3) is 5.56 Å². The van der Waals surface area contributed by atoms with Gasteiger partial charge < -0.3 is 24.5 Å². The van der Waals surface area contributed by atoms with Crippen molar-refractivity contribution in [2.75, 3.05) is 26.3 Å². The first-order chi connectivity index (χ1) is 17.7. The number of benzene rings is 1. The van der Waals surface area contributed by atoms with Crippen molar-refractivity contribution in [1.82, 2.24) is 18.8 Å². The number of nitrogens with zero attached hydrogens (tertiary/aromatic N) is 3. The predicted octanol–water partition coefficient (Wildman–Crippen LogP) is 2.42. The summed E-state index contributed by atoms with van der Waals surface area (Å²) in [6.07, 6.45) is 4.41. The Morgan fingerprint density at radius 1 is 1.22 bits per heavy atom. The molecule has 1 aromatic carbocycles. The highest BCUT2D eigenvalue weighted by atomic mass is 32.2. The molecule has 0 aliphatic carbocycles. The van der Waals surface area contributed by atoms with E-state index in [2.05, 4.69) is 11.9 Å². The summed E-state index contributed by atoms with van der Waals surface area (Å²) in [5.74, 6) is 0.566. The van der Waals surface area contributed by atoms with Gasteiger partial charge >= 0.3 is 0 Å². The quantitative estimate of drug-likeness (QED) is 0.365. The standard InChI is InChI=1S/C26H36N4O6S/c1-4-6-18-15-29(3)24-23(18)27-25(28-26(24)33)20-14-19(7-8-22(20)36-13-5-2)37(34,35)30-11-9-17(10-12-30)21(32)16-31/h7-8,14-15,17,21,31-32H,4-6,9-13,16H2,1-3H3,(H,27,28,33)/t21-/m0/s1. The molecule has 3 N–H and O–H groups in total. The zero-order chi connectivity index (χ0) is 26.7. The molecule has 2 aromatic heterocycles. The number of sulfonamides is 1. The molecule has 1 fully saturated rings. The zero-order valence-corrected chi connectivity index (χ0v) is 22.4. The van der Waals surface area contributed by atoms with Crippen LogP contribution in [0, 0.1) is 5.92 Å². The normalized spacial score (nSPS) is 16.4. The molecule has 0 saturated carbocycles. The van der Waals surface area contributed by atoms with E-state index in [1.165, 1.54) is 16.4 Å². The van der Waals surface area contributed by atoms with Crippen LogP contribution in [0.3, 0.4) is 0 Å². The summed E-state index contributed by atoms with van der Waals surface area (Å²) in [6, 6.07) is 4.64. The highest BCUT2D eigenvalue weighted by Gasteiger charge is 2.32.